The molecule has 20 heavy (non-hydrogen) atoms. The van der Waals surface area contributed by atoms with Gasteiger partial charge in [0.25, 0.3) is 15.7 Å². The predicted octanol–water partition coefficient (Wildman–Crippen LogP) is 1.13. The standard InChI is InChI=1S/C10H10N4O5S/c1-19-7-2-3-8(9(6-7)14(15)16)13-20(17,18)10-4-5-11-12-10/h2-6,13H,1H3,(H,11,12). The number of aromatic amines is 1. The van der Waals surface area contributed by atoms with E-state index in [1.54, 1.807) is 0 Å². The first-order valence-corrected chi connectivity index (χ1v) is 6.77. The van der Waals surface area contributed by atoms with Gasteiger partial charge in [-0.3, -0.25) is 19.9 Å². The summed E-state index contributed by atoms with van der Waals surface area (Å²) in [6.07, 6.45) is 1.26. The first-order valence-electron chi connectivity index (χ1n) is 5.28. The summed E-state index contributed by atoms with van der Waals surface area (Å²) in [6.45, 7) is 0. The van der Waals surface area contributed by atoms with E-state index < -0.39 is 20.6 Å². The number of aromatic nitrogens is 2. The normalized spacial score (nSPS) is 11.1. The van der Waals surface area contributed by atoms with Crippen LogP contribution >= 0.6 is 0 Å². The molecule has 2 rings (SSSR count). The molecule has 0 unspecified atom stereocenters. The summed E-state index contributed by atoms with van der Waals surface area (Å²) in [4.78, 5) is 10.3. The molecule has 9 nitrogen and oxygen atoms in total. The largest absolute Gasteiger partial charge is 0.496 e. The van der Waals surface area contributed by atoms with E-state index in [4.69, 9.17) is 4.74 Å². The van der Waals surface area contributed by atoms with Crippen LogP contribution in [0.15, 0.2) is 35.5 Å². The van der Waals surface area contributed by atoms with Crippen LogP contribution in [0, 0.1) is 10.1 Å². The van der Waals surface area contributed by atoms with Crippen LogP contribution < -0.4 is 9.46 Å². The van der Waals surface area contributed by atoms with Crippen LogP contribution in [0.1, 0.15) is 0 Å². The van der Waals surface area contributed by atoms with Gasteiger partial charge in [-0.1, -0.05) is 0 Å². The number of nitrogens with zero attached hydrogens (tertiary/aromatic N) is 2. The topological polar surface area (TPSA) is 127 Å². The van der Waals surface area contributed by atoms with E-state index in [0.717, 1.165) is 6.07 Å². The monoisotopic (exact) mass is 298 g/mol. The molecule has 0 aliphatic carbocycles. The highest BCUT2D eigenvalue weighted by atomic mass is 32.2. The molecule has 0 radical (unpaired) electrons. The summed E-state index contributed by atoms with van der Waals surface area (Å²) in [6, 6.07) is 5.03. The fraction of sp³-hybridized carbons (Fsp3) is 0.100. The van der Waals surface area contributed by atoms with Gasteiger partial charge in [0.05, 0.1) is 24.3 Å². The first-order chi connectivity index (χ1) is 9.44. The van der Waals surface area contributed by atoms with Crippen LogP contribution in [-0.4, -0.2) is 30.6 Å². The van der Waals surface area contributed by atoms with E-state index in [1.165, 1.54) is 31.5 Å². The molecule has 10 heteroatoms. The Labute approximate surface area is 113 Å². The van der Waals surface area contributed by atoms with Gasteiger partial charge in [0.15, 0.2) is 5.03 Å². The van der Waals surface area contributed by atoms with Crippen molar-refractivity contribution in [2.75, 3.05) is 11.8 Å². The highest BCUT2D eigenvalue weighted by Crippen LogP contribution is 2.30. The van der Waals surface area contributed by atoms with E-state index in [2.05, 4.69) is 14.9 Å². The molecule has 0 aliphatic rings. The highest BCUT2D eigenvalue weighted by Gasteiger charge is 2.22. The molecule has 106 valence electrons. The Morgan fingerprint density at radius 1 is 1.40 bits per heavy atom. The Morgan fingerprint density at radius 3 is 2.70 bits per heavy atom. The Balaban J connectivity index is 2.41. The molecule has 1 aromatic carbocycles. The molecule has 0 atom stereocenters. The smallest absolute Gasteiger partial charge is 0.297 e. The number of nitro groups is 1. The van der Waals surface area contributed by atoms with E-state index in [1.807, 2.05) is 0 Å². The second kappa shape index (κ2) is 5.17. The number of hydrogen-bond donors (Lipinski definition) is 2. The zero-order valence-electron chi connectivity index (χ0n) is 10.2. The van der Waals surface area contributed by atoms with E-state index in [0.29, 0.717) is 0 Å². The number of H-pyrrole nitrogens is 1. The molecule has 0 saturated heterocycles. The van der Waals surface area contributed by atoms with Crippen LogP contribution in [0.25, 0.3) is 0 Å². The number of hydrogen-bond acceptors (Lipinski definition) is 6. The van der Waals surface area contributed by atoms with Crippen LogP contribution in [0.3, 0.4) is 0 Å². The average Bonchev–Trinajstić information content (AvgIpc) is 2.93. The van der Waals surface area contributed by atoms with Crippen molar-refractivity contribution in [1.29, 1.82) is 0 Å². The minimum absolute atomic E-state index is 0.162. The summed E-state index contributed by atoms with van der Waals surface area (Å²) < 4.78 is 30.9. The number of sulfonamides is 1. The van der Waals surface area contributed by atoms with Crippen molar-refractivity contribution in [1.82, 2.24) is 10.2 Å². The molecular weight excluding hydrogens is 288 g/mol. The Bertz CT molecular complexity index is 726. The number of nitrogens with one attached hydrogen (secondary N) is 2. The third-order valence-corrected chi connectivity index (χ3v) is 3.71. The lowest BCUT2D eigenvalue weighted by Gasteiger charge is -2.08. The summed E-state index contributed by atoms with van der Waals surface area (Å²) in [5.41, 5.74) is -0.571. The van der Waals surface area contributed by atoms with Crippen molar-refractivity contribution in [2.24, 2.45) is 0 Å². The molecule has 0 fully saturated rings. The van der Waals surface area contributed by atoms with Crippen molar-refractivity contribution < 1.29 is 18.1 Å². The number of ether oxygens (including phenoxy) is 1. The van der Waals surface area contributed by atoms with Gasteiger partial charge in [0.1, 0.15) is 11.4 Å². The maximum atomic E-state index is 12.0. The molecule has 0 amide bonds. The van der Waals surface area contributed by atoms with Gasteiger partial charge >= 0.3 is 0 Å². The zero-order chi connectivity index (χ0) is 14.8. The van der Waals surface area contributed by atoms with Gasteiger partial charge in [-0.2, -0.15) is 13.5 Å². The van der Waals surface area contributed by atoms with Crippen molar-refractivity contribution in [2.45, 2.75) is 5.03 Å². The summed E-state index contributed by atoms with van der Waals surface area (Å²) >= 11 is 0. The lowest BCUT2D eigenvalue weighted by atomic mass is 10.2. The third kappa shape index (κ3) is 2.69. The molecule has 1 aromatic heterocycles. The third-order valence-electron chi connectivity index (χ3n) is 2.41. The molecule has 0 bridgehead atoms. The maximum Gasteiger partial charge on any atom is 0.297 e. The van der Waals surface area contributed by atoms with E-state index in [9.17, 15) is 18.5 Å². The fourth-order valence-corrected chi connectivity index (χ4v) is 2.45. The number of rotatable bonds is 5. The van der Waals surface area contributed by atoms with Gasteiger partial charge < -0.3 is 4.74 Å². The lowest BCUT2D eigenvalue weighted by Crippen LogP contribution is -2.14. The fourth-order valence-electron chi connectivity index (χ4n) is 1.47. The summed E-state index contributed by atoms with van der Waals surface area (Å²) in [5, 5.41) is 16.6. The second-order valence-corrected chi connectivity index (χ2v) is 5.32. The van der Waals surface area contributed by atoms with Gasteiger partial charge in [0, 0.05) is 0 Å². The second-order valence-electron chi connectivity index (χ2n) is 3.67. The van der Waals surface area contributed by atoms with Crippen molar-refractivity contribution in [3.8, 4) is 5.75 Å². The predicted molar refractivity (Wildman–Crippen MR) is 69.0 cm³/mol. The summed E-state index contributed by atoms with van der Waals surface area (Å²) in [7, 11) is -2.60. The highest BCUT2D eigenvalue weighted by molar-refractivity contribution is 7.92. The number of methoxy groups -OCH3 is 1. The van der Waals surface area contributed by atoms with E-state index >= 15 is 0 Å². The van der Waals surface area contributed by atoms with Crippen molar-refractivity contribution in [3.05, 3.63) is 40.6 Å². The lowest BCUT2D eigenvalue weighted by molar-refractivity contribution is -0.384. The van der Waals surface area contributed by atoms with Crippen LogP contribution in [-0.2, 0) is 10.0 Å². The Kier molecular flexibility index (Phi) is 3.57. The Hall–Kier alpha value is -2.62. The van der Waals surface area contributed by atoms with E-state index in [-0.39, 0.29) is 16.5 Å². The molecule has 2 aromatic rings. The molecule has 0 aliphatic heterocycles. The van der Waals surface area contributed by atoms with Crippen LogP contribution in [0.2, 0.25) is 0 Å². The van der Waals surface area contributed by atoms with Crippen LogP contribution in [0.4, 0.5) is 11.4 Å². The molecule has 2 N–H and O–H groups in total. The molecular formula is C10H10N4O5S. The van der Waals surface area contributed by atoms with Gasteiger partial charge in [-0.25, -0.2) is 0 Å². The Morgan fingerprint density at radius 2 is 2.15 bits per heavy atom. The molecule has 0 spiro atoms. The first kappa shape index (κ1) is 13.8. The molecule has 0 saturated carbocycles. The number of anilines is 1. The van der Waals surface area contributed by atoms with Crippen molar-refractivity contribution >= 4 is 21.4 Å². The number of nitro benzene ring substituents is 1. The van der Waals surface area contributed by atoms with Crippen LogP contribution in [0.5, 0.6) is 5.75 Å². The minimum Gasteiger partial charge on any atom is -0.496 e. The van der Waals surface area contributed by atoms with Gasteiger partial charge in [0.2, 0.25) is 0 Å². The molecule has 1 heterocycles. The quantitative estimate of drug-likeness (QED) is 0.629. The maximum absolute atomic E-state index is 12.0. The average molecular weight is 298 g/mol. The zero-order valence-corrected chi connectivity index (χ0v) is 11.0. The SMILES string of the molecule is COc1ccc(NS(=O)(=O)c2ccn[nH]2)c([N+](=O)[O-])c1. The van der Waals surface area contributed by atoms with Gasteiger partial charge in [-0.05, 0) is 18.2 Å². The van der Waals surface area contributed by atoms with Gasteiger partial charge in [-0.15, -0.1) is 0 Å². The summed E-state index contributed by atoms with van der Waals surface area (Å²) in [5.74, 6) is 0.251. The number of benzene rings is 1. The minimum atomic E-state index is -3.96. The van der Waals surface area contributed by atoms with Crippen molar-refractivity contribution in [3.63, 3.8) is 0 Å².